The van der Waals surface area contributed by atoms with E-state index in [1.165, 1.54) is 17.4 Å². The summed E-state index contributed by atoms with van der Waals surface area (Å²) in [6, 6.07) is 17.8. The molecule has 0 N–H and O–H groups in total. The molecule has 1 fully saturated rings. The normalized spacial score (nSPS) is 16.7. The molecule has 3 rings (SSSR count). The number of alkyl halides is 3. The number of hydrogen-bond acceptors (Lipinski definition) is 5. The number of amides is 1. The van der Waals surface area contributed by atoms with Gasteiger partial charge in [0.25, 0.3) is 6.10 Å². The summed E-state index contributed by atoms with van der Waals surface area (Å²) in [6.07, 6.45) is -7.31. The standard InChI is InChI=1S/C29H37F3N2O3S/c1-21(9-8-12-22-10-6-5-7-11-22)25(35)26(29(30,31)32)37-27(36)33-17-19-34(20-18-33)38-24-15-13-23(14-16-24)28(2,3)4/h5-7,10-11,13-16,21,26H,8-9,12,17-20H2,1-4H3. The van der Waals surface area contributed by atoms with Crippen molar-refractivity contribution in [3.8, 4) is 0 Å². The molecule has 2 aromatic rings. The Hall–Kier alpha value is -2.52. The highest BCUT2D eigenvalue weighted by molar-refractivity contribution is 7.97. The zero-order chi connectivity index (χ0) is 27.9. The number of piperazine rings is 1. The Bertz CT molecular complexity index is 1050. The Labute approximate surface area is 227 Å². The van der Waals surface area contributed by atoms with Gasteiger partial charge in [-0.3, -0.25) is 4.79 Å². The van der Waals surface area contributed by atoms with Gasteiger partial charge in [0.2, 0.25) is 0 Å². The fourth-order valence-electron chi connectivity index (χ4n) is 4.25. The van der Waals surface area contributed by atoms with E-state index in [9.17, 15) is 22.8 Å². The predicted molar refractivity (Wildman–Crippen MR) is 144 cm³/mol. The topological polar surface area (TPSA) is 49.9 Å². The van der Waals surface area contributed by atoms with Crippen molar-refractivity contribution in [3.05, 3.63) is 65.7 Å². The van der Waals surface area contributed by atoms with Gasteiger partial charge in [-0.25, -0.2) is 9.10 Å². The van der Waals surface area contributed by atoms with Crippen LogP contribution in [0.5, 0.6) is 0 Å². The van der Waals surface area contributed by atoms with Crippen molar-refractivity contribution < 1.29 is 27.5 Å². The summed E-state index contributed by atoms with van der Waals surface area (Å²) in [4.78, 5) is 27.6. The summed E-state index contributed by atoms with van der Waals surface area (Å²) in [5.74, 6) is -1.98. The number of nitrogens with zero attached hydrogens (tertiary/aromatic N) is 2. The number of Topliss-reactive ketones (excluding diaryl/α,β-unsaturated/α-hetero) is 1. The van der Waals surface area contributed by atoms with Crippen molar-refractivity contribution in [3.63, 3.8) is 0 Å². The molecule has 1 heterocycles. The minimum atomic E-state index is -4.96. The van der Waals surface area contributed by atoms with Crippen LogP contribution in [-0.4, -0.2) is 59.5 Å². The molecule has 0 saturated carbocycles. The van der Waals surface area contributed by atoms with Crippen molar-refractivity contribution in [1.82, 2.24) is 9.21 Å². The van der Waals surface area contributed by atoms with E-state index in [1.807, 2.05) is 42.5 Å². The lowest BCUT2D eigenvalue weighted by molar-refractivity contribution is -0.207. The number of carbonyl (C=O) groups is 2. The number of benzene rings is 2. The monoisotopic (exact) mass is 550 g/mol. The van der Waals surface area contributed by atoms with Gasteiger partial charge in [0.1, 0.15) is 0 Å². The molecule has 1 amide bonds. The SMILES string of the molecule is CC(CCCc1ccccc1)C(=O)C(OC(=O)N1CCN(Sc2ccc(C(C)(C)C)cc2)CC1)C(F)(F)F. The van der Waals surface area contributed by atoms with Gasteiger partial charge in [0.05, 0.1) is 0 Å². The van der Waals surface area contributed by atoms with Crippen molar-refractivity contribution in [2.75, 3.05) is 26.2 Å². The maximum Gasteiger partial charge on any atom is 0.432 e. The van der Waals surface area contributed by atoms with Crippen LogP contribution < -0.4 is 0 Å². The van der Waals surface area contributed by atoms with Gasteiger partial charge < -0.3 is 9.64 Å². The maximum atomic E-state index is 13.7. The van der Waals surface area contributed by atoms with Crippen LogP contribution >= 0.6 is 11.9 Å². The molecule has 1 aliphatic rings. The molecule has 0 radical (unpaired) electrons. The summed E-state index contributed by atoms with van der Waals surface area (Å²) < 4.78 is 48.0. The molecule has 1 aliphatic heterocycles. The van der Waals surface area contributed by atoms with E-state index < -0.39 is 30.1 Å². The Morgan fingerprint density at radius 2 is 1.55 bits per heavy atom. The third-order valence-corrected chi connectivity index (χ3v) is 7.76. The van der Waals surface area contributed by atoms with Crippen molar-refractivity contribution in [2.24, 2.45) is 5.92 Å². The molecule has 2 atom stereocenters. The van der Waals surface area contributed by atoms with Crippen molar-refractivity contribution >= 4 is 23.8 Å². The highest BCUT2D eigenvalue weighted by atomic mass is 32.2. The molecule has 0 aliphatic carbocycles. The van der Waals surface area contributed by atoms with Crippen LogP contribution in [0.2, 0.25) is 0 Å². The Balaban J connectivity index is 1.49. The largest absolute Gasteiger partial charge is 0.432 e. The summed E-state index contributed by atoms with van der Waals surface area (Å²) in [6.45, 7) is 9.30. The Kier molecular flexibility index (Phi) is 10.3. The van der Waals surface area contributed by atoms with Gasteiger partial charge in [-0.15, -0.1) is 0 Å². The number of hydrogen-bond donors (Lipinski definition) is 0. The Morgan fingerprint density at radius 3 is 2.11 bits per heavy atom. The van der Waals surface area contributed by atoms with Crippen LogP contribution in [0.1, 0.15) is 51.7 Å². The van der Waals surface area contributed by atoms with Crippen LogP contribution in [0, 0.1) is 5.92 Å². The van der Waals surface area contributed by atoms with Crippen molar-refractivity contribution in [2.45, 2.75) is 69.5 Å². The first-order valence-electron chi connectivity index (χ1n) is 13.0. The minimum Gasteiger partial charge on any atom is -0.428 e. The quantitative estimate of drug-likeness (QED) is 0.318. The number of aryl methyl sites for hydroxylation is 1. The van der Waals surface area contributed by atoms with Gasteiger partial charge in [-0.05, 0) is 59.9 Å². The highest BCUT2D eigenvalue weighted by Gasteiger charge is 2.49. The molecule has 0 aromatic heterocycles. The zero-order valence-electron chi connectivity index (χ0n) is 22.5. The first-order valence-corrected chi connectivity index (χ1v) is 13.8. The molecule has 0 bridgehead atoms. The van der Waals surface area contributed by atoms with E-state index in [4.69, 9.17) is 4.74 Å². The number of ketones is 1. The molecular formula is C29H37F3N2O3S. The average Bonchev–Trinajstić information content (AvgIpc) is 2.87. The molecule has 0 spiro atoms. The molecular weight excluding hydrogens is 513 g/mol. The smallest absolute Gasteiger partial charge is 0.428 e. The first kappa shape index (κ1) is 30.0. The molecule has 5 nitrogen and oxygen atoms in total. The van der Waals surface area contributed by atoms with Crippen LogP contribution in [0.4, 0.5) is 18.0 Å². The molecule has 2 unspecified atom stereocenters. The van der Waals surface area contributed by atoms with Gasteiger partial charge in [-0.1, -0.05) is 70.2 Å². The van der Waals surface area contributed by atoms with E-state index in [-0.39, 0.29) is 24.9 Å². The molecule has 38 heavy (non-hydrogen) atoms. The second kappa shape index (κ2) is 13.0. The first-order chi connectivity index (χ1) is 17.8. The van der Waals surface area contributed by atoms with Crippen LogP contribution in [0.15, 0.2) is 59.5 Å². The van der Waals surface area contributed by atoms with E-state index >= 15 is 0 Å². The predicted octanol–water partition coefficient (Wildman–Crippen LogP) is 6.90. The van der Waals surface area contributed by atoms with Crippen LogP contribution in [0.3, 0.4) is 0 Å². The lowest BCUT2D eigenvalue weighted by Crippen LogP contribution is -2.50. The van der Waals surface area contributed by atoms with E-state index in [0.29, 0.717) is 25.9 Å². The van der Waals surface area contributed by atoms with Crippen LogP contribution in [-0.2, 0) is 21.4 Å². The summed E-state index contributed by atoms with van der Waals surface area (Å²) in [5.41, 5.74) is 2.35. The second-order valence-corrected chi connectivity index (χ2v) is 11.9. The fraction of sp³-hybridized carbons (Fsp3) is 0.517. The summed E-state index contributed by atoms with van der Waals surface area (Å²) in [5, 5.41) is 0. The fourth-order valence-corrected chi connectivity index (χ4v) is 5.15. The van der Waals surface area contributed by atoms with E-state index in [2.05, 4.69) is 37.2 Å². The maximum absolute atomic E-state index is 13.7. The summed E-state index contributed by atoms with van der Waals surface area (Å²) in [7, 11) is 0. The third kappa shape index (κ3) is 8.76. The van der Waals surface area contributed by atoms with Crippen LogP contribution in [0.25, 0.3) is 0 Å². The van der Waals surface area contributed by atoms with Crippen molar-refractivity contribution in [1.29, 1.82) is 0 Å². The van der Waals surface area contributed by atoms with Gasteiger partial charge >= 0.3 is 12.3 Å². The van der Waals surface area contributed by atoms with E-state index in [1.54, 1.807) is 11.9 Å². The number of ether oxygens (including phenoxy) is 1. The van der Waals surface area contributed by atoms with Gasteiger partial charge in [0, 0.05) is 37.0 Å². The Morgan fingerprint density at radius 1 is 0.947 bits per heavy atom. The molecule has 9 heteroatoms. The minimum absolute atomic E-state index is 0.0603. The zero-order valence-corrected chi connectivity index (χ0v) is 23.3. The molecule has 2 aromatic carbocycles. The number of halogens is 3. The van der Waals surface area contributed by atoms with Gasteiger partial charge in [0.15, 0.2) is 5.78 Å². The highest BCUT2D eigenvalue weighted by Crippen LogP contribution is 2.30. The number of carbonyl (C=O) groups excluding carboxylic acids is 2. The lowest BCUT2D eigenvalue weighted by Gasteiger charge is -2.34. The van der Waals surface area contributed by atoms with E-state index in [0.717, 1.165) is 10.5 Å². The second-order valence-electron chi connectivity index (χ2n) is 10.8. The summed E-state index contributed by atoms with van der Waals surface area (Å²) >= 11 is 1.55. The average molecular weight is 551 g/mol. The molecule has 1 saturated heterocycles. The third-order valence-electron chi connectivity index (χ3n) is 6.66. The number of rotatable bonds is 9. The lowest BCUT2D eigenvalue weighted by atomic mass is 9.87. The van der Waals surface area contributed by atoms with Gasteiger partial charge in [-0.2, -0.15) is 13.2 Å². The molecule has 208 valence electrons.